The van der Waals surface area contributed by atoms with E-state index >= 15 is 0 Å². The molecule has 140 valence electrons. The molecule has 3 rings (SSSR count). The van der Waals surface area contributed by atoms with Crippen LogP contribution in [-0.2, 0) is 28.9 Å². The standard InChI is InChI=1S/C19H21NO2.H3NO2S/c1-12-4-7-16(14(3)13(12)2)8-5-15-6-9-18-17(10-15)20-19(21)11-22-18;1-4(2)3/h4,6-7,9-10H,5,8,11H2,1-3H3,(H,20,21);1H2,(H,2,3)/p-1. The van der Waals surface area contributed by atoms with Crippen molar-refractivity contribution in [2.75, 3.05) is 11.9 Å². The average Bonchev–Trinajstić information content (AvgIpc) is 2.58. The van der Waals surface area contributed by atoms with Gasteiger partial charge in [0.2, 0.25) is 0 Å². The monoisotopic (exact) mass is 375 g/mol. The van der Waals surface area contributed by atoms with Crippen LogP contribution in [0.25, 0.3) is 0 Å². The zero-order chi connectivity index (χ0) is 19.3. The molecule has 1 atom stereocenters. The second-order valence-electron chi connectivity index (χ2n) is 6.22. The summed E-state index contributed by atoms with van der Waals surface area (Å²) in [6.45, 7) is 6.63. The molecular formula is C19H23N2O4S-. The summed E-state index contributed by atoms with van der Waals surface area (Å²) in [5, 5.41) is 6.89. The number of carbonyl (C=O) groups is 1. The predicted molar refractivity (Wildman–Crippen MR) is 102 cm³/mol. The number of amides is 1. The third kappa shape index (κ3) is 5.39. The Kier molecular flexibility index (Phi) is 6.90. The lowest BCUT2D eigenvalue weighted by molar-refractivity contribution is -0.118. The molecule has 0 saturated heterocycles. The topological polar surface area (TPSA) is 104 Å². The molecule has 1 aliphatic rings. The molecule has 2 aromatic rings. The van der Waals surface area contributed by atoms with Gasteiger partial charge in [-0.25, -0.2) is 0 Å². The van der Waals surface area contributed by atoms with Crippen molar-refractivity contribution in [2.24, 2.45) is 5.14 Å². The molecule has 0 aliphatic carbocycles. The maximum absolute atomic E-state index is 11.4. The maximum atomic E-state index is 11.4. The minimum absolute atomic E-state index is 0.0883. The largest absolute Gasteiger partial charge is 0.760 e. The number of fused-ring (bicyclic) bond motifs is 1. The van der Waals surface area contributed by atoms with Crippen LogP contribution in [0, 0.1) is 20.8 Å². The Hall–Kier alpha value is -2.22. The molecule has 3 N–H and O–H groups in total. The first-order valence-corrected chi connectivity index (χ1v) is 9.36. The molecule has 2 aromatic carbocycles. The number of ether oxygens (including phenoxy) is 1. The quantitative estimate of drug-likeness (QED) is 0.804. The molecule has 0 saturated carbocycles. The summed E-state index contributed by atoms with van der Waals surface area (Å²) in [5.74, 6) is 0.667. The minimum Gasteiger partial charge on any atom is -0.760 e. The highest BCUT2D eigenvalue weighted by Gasteiger charge is 2.15. The van der Waals surface area contributed by atoms with Crippen LogP contribution in [0.15, 0.2) is 30.3 Å². The fraction of sp³-hybridized carbons (Fsp3) is 0.316. The van der Waals surface area contributed by atoms with Crippen molar-refractivity contribution in [1.82, 2.24) is 0 Å². The lowest BCUT2D eigenvalue weighted by Crippen LogP contribution is -2.25. The lowest BCUT2D eigenvalue weighted by Gasteiger charge is -2.18. The molecule has 1 aliphatic heterocycles. The molecule has 0 radical (unpaired) electrons. The van der Waals surface area contributed by atoms with Crippen LogP contribution in [-0.4, -0.2) is 21.3 Å². The molecule has 0 spiro atoms. The first-order chi connectivity index (χ1) is 12.3. The summed E-state index contributed by atoms with van der Waals surface area (Å²) < 4.78 is 22.9. The Morgan fingerprint density at radius 3 is 2.54 bits per heavy atom. The van der Waals surface area contributed by atoms with Crippen LogP contribution in [0.2, 0.25) is 0 Å². The molecular weight excluding hydrogens is 352 g/mol. The summed E-state index contributed by atoms with van der Waals surface area (Å²) in [6.07, 6.45) is 1.95. The van der Waals surface area contributed by atoms with E-state index in [0.29, 0.717) is 0 Å². The second-order valence-corrected chi connectivity index (χ2v) is 6.74. The summed E-state index contributed by atoms with van der Waals surface area (Å²) in [7, 11) is 0. The van der Waals surface area contributed by atoms with Gasteiger partial charge in [0.05, 0.1) is 5.69 Å². The van der Waals surface area contributed by atoms with Gasteiger partial charge in [-0.1, -0.05) is 18.2 Å². The van der Waals surface area contributed by atoms with E-state index in [1.54, 1.807) is 0 Å². The molecule has 1 unspecified atom stereocenters. The Labute approximate surface area is 156 Å². The van der Waals surface area contributed by atoms with Gasteiger partial charge in [-0.15, -0.1) is 0 Å². The van der Waals surface area contributed by atoms with Gasteiger partial charge in [0.25, 0.3) is 5.91 Å². The number of hydrogen-bond acceptors (Lipinski definition) is 4. The first-order valence-electron chi connectivity index (χ1n) is 8.23. The minimum atomic E-state index is -2.36. The van der Waals surface area contributed by atoms with Gasteiger partial charge in [0.1, 0.15) is 5.75 Å². The first kappa shape index (κ1) is 20.1. The summed E-state index contributed by atoms with van der Waals surface area (Å²) in [6, 6.07) is 10.5. The van der Waals surface area contributed by atoms with Crippen LogP contribution in [0.3, 0.4) is 0 Å². The third-order valence-electron chi connectivity index (χ3n) is 4.53. The van der Waals surface area contributed by atoms with Gasteiger partial charge in [-0.2, -0.15) is 0 Å². The van der Waals surface area contributed by atoms with E-state index in [2.05, 4.69) is 49.4 Å². The zero-order valence-corrected chi connectivity index (χ0v) is 15.9. The van der Waals surface area contributed by atoms with Crippen molar-refractivity contribution >= 4 is 22.9 Å². The van der Waals surface area contributed by atoms with Gasteiger partial charge in [0.15, 0.2) is 6.61 Å². The Balaban J connectivity index is 0.000000552. The van der Waals surface area contributed by atoms with Gasteiger partial charge in [-0.05, 0) is 73.6 Å². The van der Waals surface area contributed by atoms with E-state index in [1.165, 1.54) is 27.8 Å². The Morgan fingerprint density at radius 1 is 1.15 bits per heavy atom. The summed E-state index contributed by atoms with van der Waals surface area (Å²) in [4.78, 5) is 11.4. The molecule has 26 heavy (non-hydrogen) atoms. The normalized spacial score (nSPS) is 13.7. The number of carbonyl (C=O) groups excluding carboxylic acids is 1. The van der Waals surface area contributed by atoms with Gasteiger partial charge < -0.3 is 14.6 Å². The molecule has 0 bridgehead atoms. The van der Waals surface area contributed by atoms with Gasteiger partial charge >= 0.3 is 0 Å². The molecule has 0 aromatic heterocycles. The number of benzene rings is 2. The average molecular weight is 375 g/mol. The SMILES string of the molecule is Cc1ccc(CCc2ccc3c(c2)NC(=O)CO3)c(C)c1C.NS(=O)[O-]. The number of aryl methyl sites for hydroxylation is 3. The van der Waals surface area contributed by atoms with Crippen LogP contribution in [0.5, 0.6) is 5.75 Å². The van der Waals surface area contributed by atoms with Crippen molar-refractivity contribution in [2.45, 2.75) is 33.6 Å². The lowest BCUT2D eigenvalue weighted by atomic mass is 9.94. The number of hydrogen-bond donors (Lipinski definition) is 2. The number of nitrogens with one attached hydrogen (secondary N) is 1. The van der Waals surface area contributed by atoms with Crippen LogP contribution >= 0.6 is 0 Å². The highest BCUT2D eigenvalue weighted by Crippen LogP contribution is 2.29. The molecule has 1 heterocycles. The van der Waals surface area contributed by atoms with E-state index < -0.39 is 11.3 Å². The fourth-order valence-electron chi connectivity index (χ4n) is 2.85. The van der Waals surface area contributed by atoms with E-state index in [1.807, 2.05) is 12.1 Å². The molecule has 6 nitrogen and oxygen atoms in total. The van der Waals surface area contributed by atoms with E-state index in [0.717, 1.165) is 24.3 Å². The van der Waals surface area contributed by atoms with Gasteiger partial charge in [0, 0.05) is 11.3 Å². The predicted octanol–water partition coefficient (Wildman–Crippen LogP) is 2.47. The highest BCUT2D eigenvalue weighted by molar-refractivity contribution is 7.76. The Morgan fingerprint density at radius 2 is 1.85 bits per heavy atom. The molecule has 7 heteroatoms. The van der Waals surface area contributed by atoms with Crippen LogP contribution in [0.4, 0.5) is 5.69 Å². The van der Waals surface area contributed by atoms with E-state index in [9.17, 15) is 4.79 Å². The smallest absolute Gasteiger partial charge is 0.262 e. The van der Waals surface area contributed by atoms with Crippen LogP contribution < -0.4 is 15.2 Å². The van der Waals surface area contributed by atoms with Crippen molar-refractivity contribution in [3.8, 4) is 5.75 Å². The molecule has 0 fully saturated rings. The number of nitrogens with two attached hydrogens (primary N) is 1. The number of anilines is 1. The fourth-order valence-corrected chi connectivity index (χ4v) is 2.85. The second kappa shape index (κ2) is 8.93. The van der Waals surface area contributed by atoms with Gasteiger partial charge in [-0.3, -0.25) is 14.1 Å². The van der Waals surface area contributed by atoms with Crippen molar-refractivity contribution in [1.29, 1.82) is 0 Å². The summed E-state index contributed by atoms with van der Waals surface area (Å²) >= 11 is -2.36. The van der Waals surface area contributed by atoms with Crippen molar-refractivity contribution in [3.05, 3.63) is 58.1 Å². The zero-order valence-electron chi connectivity index (χ0n) is 15.1. The van der Waals surface area contributed by atoms with E-state index in [4.69, 9.17) is 13.5 Å². The Bertz CT molecular complexity index is 833. The van der Waals surface area contributed by atoms with Crippen molar-refractivity contribution < 1.29 is 18.3 Å². The third-order valence-corrected chi connectivity index (χ3v) is 4.53. The van der Waals surface area contributed by atoms with Crippen LogP contribution in [0.1, 0.15) is 27.8 Å². The molecule has 1 amide bonds. The summed E-state index contributed by atoms with van der Waals surface area (Å²) in [5.41, 5.74) is 7.49. The highest BCUT2D eigenvalue weighted by atomic mass is 32.2. The number of rotatable bonds is 3. The van der Waals surface area contributed by atoms with Crippen molar-refractivity contribution in [3.63, 3.8) is 0 Å². The maximum Gasteiger partial charge on any atom is 0.262 e. The van der Waals surface area contributed by atoms with E-state index in [-0.39, 0.29) is 12.5 Å².